The predicted octanol–water partition coefficient (Wildman–Crippen LogP) is 1.64. The van der Waals surface area contributed by atoms with Gasteiger partial charge in [0.05, 0.1) is 11.3 Å². The SMILES string of the molecule is Nc1cc(-c2cc(F)c(F)c(C(=O)O)c2)[nH]n1. The van der Waals surface area contributed by atoms with Crippen molar-refractivity contribution >= 4 is 11.8 Å². The van der Waals surface area contributed by atoms with Crippen LogP contribution in [0.1, 0.15) is 10.4 Å². The molecule has 0 radical (unpaired) electrons. The molecule has 0 aliphatic carbocycles. The molecule has 0 saturated carbocycles. The van der Waals surface area contributed by atoms with Crippen molar-refractivity contribution in [2.45, 2.75) is 0 Å². The molecular weight excluding hydrogens is 232 g/mol. The van der Waals surface area contributed by atoms with Crippen LogP contribution < -0.4 is 5.73 Å². The van der Waals surface area contributed by atoms with Crippen LogP contribution in [0, 0.1) is 11.6 Å². The molecule has 0 bridgehead atoms. The van der Waals surface area contributed by atoms with Crippen LogP contribution in [-0.4, -0.2) is 21.3 Å². The van der Waals surface area contributed by atoms with Gasteiger partial charge in [0, 0.05) is 11.6 Å². The van der Waals surface area contributed by atoms with Crippen molar-refractivity contribution in [1.29, 1.82) is 0 Å². The van der Waals surface area contributed by atoms with Gasteiger partial charge < -0.3 is 10.8 Å². The number of carboxylic acid groups (broad SMARTS) is 1. The normalized spacial score (nSPS) is 10.5. The van der Waals surface area contributed by atoms with Crippen LogP contribution >= 0.6 is 0 Å². The van der Waals surface area contributed by atoms with E-state index in [0.717, 1.165) is 12.1 Å². The van der Waals surface area contributed by atoms with Crippen LogP contribution in [0.5, 0.6) is 0 Å². The fourth-order valence-corrected chi connectivity index (χ4v) is 1.39. The number of carbonyl (C=O) groups is 1. The first-order valence-electron chi connectivity index (χ1n) is 4.52. The first-order valence-corrected chi connectivity index (χ1v) is 4.52. The highest BCUT2D eigenvalue weighted by molar-refractivity contribution is 5.89. The van der Waals surface area contributed by atoms with Crippen LogP contribution in [0.25, 0.3) is 11.3 Å². The van der Waals surface area contributed by atoms with Crippen LogP contribution in [0.15, 0.2) is 18.2 Å². The van der Waals surface area contributed by atoms with Crippen molar-refractivity contribution < 1.29 is 18.7 Å². The number of aromatic carboxylic acids is 1. The average molecular weight is 239 g/mol. The largest absolute Gasteiger partial charge is 0.478 e. The van der Waals surface area contributed by atoms with E-state index in [4.69, 9.17) is 10.8 Å². The molecule has 17 heavy (non-hydrogen) atoms. The Balaban J connectivity index is 2.60. The Kier molecular flexibility index (Phi) is 2.51. The number of nitrogens with two attached hydrogens (primary N) is 1. The zero-order valence-corrected chi connectivity index (χ0v) is 8.37. The molecule has 0 fully saturated rings. The number of aromatic amines is 1. The number of hydrogen-bond acceptors (Lipinski definition) is 3. The van der Waals surface area contributed by atoms with Crippen molar-refractivity contribution in [1.82, 2.24) is 10.2 Å². The smallest absolute Gasteiger partial charge is 0.338 e. The molecule has 0 amide bonds. The predicted molar refractivity (Wildman–Crippen MR) is 55.3 cm³/mol. The lowest BCUT2D eigenvalue weighted by Crippen LogP contribution is -2.03. The van der Waals surface area contributed by atoms with E-state index in [1.807, 2.05) is 0 Å². The number of aromatic nitrogens is 2. The minimum Gasteiger partial charge on any atom is -0.478 e. The number of H-pyrrole nitrogens is 1. The minimum atomic E-state index is -1.55. The summed E-state index contributed by atoms with van der Waals surface area (Å²) >= 11 is 0. The number of benzene rings is 1. The van der Waals surface area contributed by atoms with E-state index >= 15 is 0 Å². The highest BCUT2D eigenvalue weighted by atomic mass is 19.2. The van der Waals surface area contributed by atoms with Gasteiger partial charge in [0.15, 0.2) is 11.6 Å². The minimum absolute atomic E-state index is 0.158. The van der Waals surface area contributed by atoms with E-state index in [2.05, 4.69) is 10.2 Å². The standard InChI is InChI=1S/C10H7F2N3O2/c11-6-2-4(7-3-8(13)15-14-7)1-5(9(6)12)10(16)17/h1-3H,(H,16,17)(H3,13,14,15). The Morgan fingerprint density at radius 1 is 1.35 bits per heavy atom. The zero-order valence-electron chi connectivity index (χ0n) is 8.37. The van der Waals surface area contributed by atoms with Gasteiger partial charge in [-0.15, -0.1) is 0 Å². The van der Waals surface area contributed by atoms with Crippen LogP contribution in [0.3, 0.4) is 0 Å². The Hall–Kier alpha value is -2.44. The Labute approximate surface area is 93.9 Å². The number of carboxylic acids is 1. The molecule has 2 rings (SSSR count). The van der Waals surface area contributed by atoms with Crippen molar-refractivity contribution in [3.05, 3.63) is 35.4 Å². The van der Waals surface area contributed by atoms with Gasteiger partial charge in [-0.1, -0.05) is 0 Å². The van der Waals surface area contributed by atoms with Crippen molar-refractivity contribution in [3.63, 3.8) is 0 Å². The van der Waals surface area contributed by atoms with Gasteiger partial charge in [-0.3, -0.25) is 5.10 Å². The molecule has 0 unspecified atom stereocenters. The quantitative estimate of drug-likeness (QED) is 0.742. The van der Waals surface area contributed by atoms with Gasteiger partial charge >= 0.3 is 5.97 Å². The summed E-state index contributed by atoms with van der Waals surface area (Å²) in [6.07, 6.45) is 0. The number of anilines is 1. The van der Waals surface area contributed by atoms with E-state index in [1.54, 1.807) is 0 Å². The van der Waals surface area contributed by atoms with Gasteiger partial charge in [0.2, 0.25) is 0 Å². The topological polar surface area (TPSA) is 92.0 Å². The second-order valence-corrected chi connectivity index (χ2v) is 3.33. The molecule has 0 atom stereocenters. The molecule has 5 nitrogen and oxygen atoms in total. The molecule has 0 aliphatic rings. The highest BCUT2D eigenvalue weighted by Crippen LogP contribution is 2.23. The van der Waals surface area contributed by atoms with E-state index < -0.39 is 23.2 Å². The lowest BCUT2D eigenvalue weighted by atomic mass is 10.1. The van der Waals surface area contributed by atoms with Crippen molar-refractivity contribution in [2.75, 3.05) is 5.73 Å². The molecule has 0 saturated heterocycles. The molecule has 1 heterocycles. The number of halogens is 2. The second kappa shape index (κ2) is 3.85. The Morgan fingerprint density at radius 3 is 2.59 bits per heavy atom. The van der Waals surface area contributed by atoms with Gasteiger partial charge in [0.1, 0.15) is 5.82 Å². The zero-order chi connectivity index (χ0) is 12.6. The maximum Gasteiger partial charge on any atom is 0.338 e. The molecular formula is C10H7F2N3O2. The molecule has 7 heteroatoms. The van der Waals surface area contributed by atoms with Crippen molar-refractivity contribution in [2.24, 2.45) is 0 Å². The Bertz CT molecular complexity index is 595. The molecule has 1 aromatic carbocycles. The van der Waals surface area contributed by atoms with Crippen LogP contribution in [-0.2, 0) is 0 Å². The van der Waals surface area contributed by atoms with Gasteiger partial charge in [-0.2, -0.15) is 5.10 Å². The highest BCUT2D eigenvalue weighted by Gasteiger charge is 2.17. The summed E-state index contributed by atoms with van der Waals surface area (Å²) < 4.78 is 26.3. The number of nitrogens with zero attached hydrogens (tertiary/aromatic N) is 1. The summed E-state index contributed by atoms with van der Waals surface area (Å²) in [6.45, 7) is 0. The maximum atomic E-state index is 13.2. The second-order valence-electron chi connectivity index (χ2n) is 3.33. The van der Waals surface area contributed by atoms with Crippen LogP contribution in [0.2, 0.25) is 0 Å². The van der Waals surface area contributed by atoms with Crippen molar-refractivity contribution in [3.8, 4) is 11.3 Å². The fourth-order valence-electron chi connectivity index (χ4n) is 1.39. The first-order chi connectivity index (χ1) is 7.99. The van der Waals surface area contributed by atoms with Gasteiger partial charge in [-0.25, -0.2) is 13.6 Å². The lowest BCUT2D eigenvalue weighted by molar-refractivity contribution is 0.0690. The molecule has 88 valence electrons. The molecule has 4 N–H and O–H groups in total. The number of nitrogens with one attached hydrogen (secondary N) is 1. The van der Waals surface area contributed by atoms with Gasteiger partial charge in [-0.05, 0) is 12.1 Å². The van der Waals surface area contributed by atoms with E-state index in [9.17, 15) is 13.6 Å². The summed E-state index contributed by atoms with van der Waals surface area (Å²) in [5.41, 5.74) is 5.08. The molecule has 0 aliphatic heterocycles. The first kappa shape index (κ1) is 11.1. The monoisotopic (exact) mass is 239 g/mol. The van der Waals surface area contributed by atoms with E-state index in [0.29, 0.717) is 5.69 Å². The number of nitrogen functional groups attached to an aromatic ring is 1. The lowest BCUT2D eigenvalue weighted by Gasteiger charge is -2.03. The van der Waals surface area contributed by atoms with E-state index in [-0.39, 0.29) is 11.4 Å². The number of hydrogen-bond donors (Lipinski definition) is 3. The number of rotatable bonds is 2. The maximum absolute atomic E-state index is 13.2. The summed E-state index contributed by atoms with van der Waals surface area (Å²) in [7, 11) is 0. The third-order valence-electron chi connectivity index (χ3n) is 2.17. The molecule has 1 aromatic heterocycles. The molecule has 2 aromatic rings. The summed E-state index contributed by atoms with van der Waals surface area (Å²) in [6, 6.07) is 3.26. The van der Waals surface area contributed by atoms with Gasteiger partial charge in [0.25, 0.3) is 0 Å². The summed E-state index contributed by atoms with van der Waals surface area (Å²) in [4.78, 5) is 10.7. The average Bonchev–Trinajstić information content (AvgIpc) is 2.68. The third-order valence-corrected chi connectivity index (χ3v) is 2.17. The molecule has 0 spiro atoms. The Morgan fingerprint density at radius 2 is 2.06 bits per heavy atom. The fraction of sp³-hybridized carbons (Fsp3) is 0. The van der Waals surface area contributed by atoms with E-state index in [1.165, 1.54) is 6.07 Å². The summed E-state index contributed by atoms with van der Waals surface area (Å²) in [5.74, 6) is -4.01. The van der Waals surface area contributed by atoms with Crippen LogP contribution in [0.4, 0.5) is 14.6 Å². The third kappa shape index (κ3) is 1.94. The summed E-state index contributed by atoms with van der Waals surface area (Å²) in [5, 5.41) is 14.8.